The Balaban J connectivity index is 1.84. The number of nitrogens with zero attached hydrogens (tertiary/aromatic N) is 2. The molecule has 88 valence electrons. The van der Waals surface area contributed by atoms with Crippen LogP contribution in [0.3, 0.4) is 0 Å². The van der Waals surface area contributed by atoms with Crippen molar-refractivity contribution in [1.82, 2.24) is 9.97 Å². The molecule has 1 saturated heterocycles. The summed E-state index contributed by atoms with van der Waals surface area (Å²) in [4.78, 5) is 7.69. The summed E-state index contributed by atoms with van der Waals surface area (Å²) in [5, 5.41) is 0. The molecule has 0 aliphatic carbocycles. The second-order valence-electron chi connectivity index (χ2n) is 4.01. The average Bonchev–Trinajstić information content (AvgIpc) is 2.56. The molecule has 1 atom stereocenters. The first-order chi connectivity index (χ1) is 7.55. The van der Waals surface area contributed by atoms with Crippen LogP contribution in [0.5, 0.6) is 5.88 Å². The number of hydrogen-bond acceptors (Lipinski definition) is 6. The summed E-state index contributed by atoms with van der Waals surface area (Å²) in [6.07, 6.45) is 1.47. The number of anilines is 1. The number of aromatic nitrogens is 2. The van der Waals surface area contributed by atoms with Gasteiger partial charge in [0, 0.05) is 12.3 Å². The third kappa shape index (κ3) is 2.80. The minimum absolute atomic E-state index is 0.0776. The van der Waals surface area contributed by atoms with Crippen LogP contribution in [-0.2, 0) is 9.47 Å². The first kappa shape index (κ1) is 11.1. The number of nitrogens with two attached hydrogens (primary N) is 1. The van der Waals surface area contributed by atoms with Crippen molar-refractivity contribution in [3.63, 3.8) is 0 Å². The first-order valence-corrected chi connectivity index (χ1v) is 5.08. The Kier molecular flexibility index (Phi) is 2.93. The zero-order chi connectivity index (χ0) is 11.6. The molecule has 1 aliphatic heterocycles. The molecule has 2 N–H and O–H groups in total. The van der Waals surface area contributed by atoms with Crippen molar-refractivity contribution in [2.24, 2.45) is 0 Å². The second-order valence-corrected chi connectivity index (χ2v) is 4.01. The molecular formula is C10H15N3O3. The SMILES string of the molecule is CC1(C)OC[C@H](COc2ccnc(N)n2)O1. The molecule has 1 aromatic heterocycles. The minimum Gasteiger partial charge on any atom is -0.475 e. The fraction of sp³-hybridized carbons (Fsp3) is 0.600. The number of rotatable bonds is 3. The van der Waals surface area contributed by atoms with Gasteiger partial charge < -0.3 is 19.9 Å². The summed E-state index contributed by atoms with van der Waals surface area (Å²) >= 11 is 0. The lowest BCUT2D eigenvalue weighted by molar-refractivity contribution is -0.141. The Morgan fingerprint density at radius 1 is 1.62 bits per heavy atom. The third-order valence-electron chi connectivity index (χ3n) is 2.13. The monoisotopic (exact) mass is 225 g/mol. The van der Waals surface area contributed by atoms with Gasteiger partial charge in [-0.05, 0) is 13.8 Å². The molecule has 0 aromatic carbocycles. The van der Waals surface area contributed by atoms with Gasteiger partial charge in [-0.3, -0.25) is 0 Å². The summed E-state index contributed by atoms with van der Waals surface area (Å²) < 4.78 is 16.4. The molecule has 0 bridgehead atoms. The Bertz CT molecular complexity index is 370. The summed E-state index contributed by atoms with van der Waals surface area (Å²) in [6.45, 7) is 4.65. The standard InChI is InChI=1S/C10H15N3O3/c1-10(2)15-6-7(16-10)5-14-8-3-4-12-9(11)13-8/h3-4,7H,5-6H2,1-2H3,(H2,11,12,13)/t7-/m0/s1. The molecule has 1 aromatic rings. The van der Waals surface area contributed by atoms with E-state index >= 15 is 0 Å². The van der Waals surface area contributed by atoms with Crippen molar-refractivity contribution in [3.8, 4) is 5.88 Å². The molecule has 16 heavy (non-hydrogen) atoms. The lowest BCUT2D eigenvalue weighted by Gasteiger charge is -2.17. The molecular weight excluding hydrogens is 210 g/mol. The van der Waals surface area contributed by atoms with Gasteiger partial charge in [-0.25, -0.2) is 4.98 Å². The van der Waals surface area contributed by atoms with Crippen molar-refractivity contribution < 1.29 is 14.2 Å². The smallest absolute Gasteiger partial charge is 0.223 e. The predicted molar refractivity (Wildman–Crippen MR) is 56.8 cm³/mol. The van der Waals surface area contributed by atoms with Crippen LogP contribution in [0.25, 0.3) is 0 Å². The van der Waals surface area contributed by atoms with Crippen molar-refractivity contribution in [3.05, 3.63) is 12.3 Å². The van der Waals surface area contributed by atoms with Gasteiger partial charge in [0.2, 0.25) is 11.8 Å². The van der Waals surface area contributed by atoms with E-state index in [0.717, 1.165) is 0 Å². The highest BCUT2D eigenvalue weighted by Crippen LogP contribution is 2.22. The zero-order valence-corrected chi connectivity index (χ0v) is 9.34. The fourth-order valence-electron chi connectivity index (χ4n) is 1.46. The van der Waals surface area contributed by atoms with Gasteiger partial charge in [-0.1, -0.05) is 0 Å². The van der Waals surface area contributed by atoms with Gasteiger partial charge in [0.25, 0.3) is 0 Å². The van der Waals surface area contributed by atoms with Crippen LogP contribution in [0.1, 0.15) is 13.8 Å². The van der Waals surface area contributed by atoms with E-state index in [4.69, 9.17) is 19.9 Å². The highest BCUT2D eigenvalue weighted by molar-refractivity contribution is 5.20. The molecule has 6 heteroatoms. The molecule has 0 radical (unpaired) electrons. The van der Waals surface area contributed by atoms with Crippen molar-refractivity contribution in [2.45, 2.75) is 25.7 Å². The quantitative estimate of drug-likeness (QED) is 0.811. The second kappa shape index (κ2) is 4.23. The van der Waals surface area contributed by atoms with Crippen LogP contribution in [0.2, 0.25) is 0 Å². The van der Waals surface area contributed by atoms with Crippen LogP contribution in [-0.4, -0.2) is 35.1 Å². The molecule has 2 rings (SSSR count). The lowest BCUT2D eigenvalue weighted by atomic mass is 10.4. The fourth-order valence-corrected chi connectivity index (χ4v) is 1.46. The van der Waals surface area contributed by atoms with E-state index in [2.05, 4.69) is 9.97 Å². The van der Waals surface area contributed by atoms with Crippen LogP contribution in [0.4, 0.5) is 5.95 Å². The maximum absolute atomic E-state index is 5.58. The largest absolute Gasteiger partial charge is 0.475 e. The van der Waals surface area contributed by atoms with E-state index in [9.17, 15) is 0 Å². The van der Waals surface area contributed by atoms with E-state index in [0.29, 0.717) is 19.1 Å². The third-order valence-corrected chi connectivity index (χ3v) is 2.13. The van der Waals surface area contributed by atoms with Crippen LogP contribution in [0, 0.1) is 0 Å². The predicted octanol–water partition coefficient (Wildman–Crippen LogP) is 0.589. The molecule has 2 heterocycles. The Labute approximate surface area is 93.7 Å². The maximum atomic E-state index is 5.58. The molecule has 0 spiro atoms. The van der Waals surface area contributed by atoms with Gasteiger partial charge in [0.1, 0.15) is 12.7 Å². The van der Waals surface area contributed by atoms with E-state index in [1.165, 1.54) is 0 Å². The van der Waals surface area contributed by atoms with Crippen molar-refractivity contribution in [2.75, 3.05) is 18.9 Å². The maximum Gasteiger partial charge on any atom is 0.223 e. The molecule has 6 nitrogen and oxygen atoms in total. The minimum atomic E-state index is -0.529. The van der Waals surface area contributed by atoms with Gasteiger partial charge in [-0.2, -0.15) is 4.98 Å². The Morgan fingerprint density at radius 3 is 3.06 bits per heavy atom. The molecule has 0 amide bonds. The van der Waals surface area contributed by atoms with Gasteiger partial charge >= 0.3 is 0 Å². The van der Waals surface area contributed by atoms with Crippen LogP contribution in [0.15, 0.2) is 12.3 Å². The summed E-state index contributed by atoms with van der Waals surface area (Å²) in [5.74, 6) is 0.112. The van der Waals surface area contributed by atoms with Gasteiger partial charge in [0.15, 0.2) is 5.79 Å². The Hall–Kier alpha value is -1.40. The summed E-state index contributed by atoms with van der Waals surface area (Å²) in [7, 11) is 0. The van der Waals surface area contributed by atoms with E-state index in [-0.39, 0.29) is 12.1 Å². The summed E-state index contributed by atoms with van der Waals surface area (Å²) in [5.41, 5.74) is 5.43. The highest BCUT2D eigenvalue weighted by Gasteiger charge is 2.32. The zero-order valence-electron chi connectivity index (χ0n) is 9.34. The average molecular weight is 225 g/mol. The number of hydrogen-bond donors (Lipinski definition) is 1. The first-order valence-electron chi connectivity index (χ1n) is 5.08. The lowest BCUT2D eigenvalue weighted by Crippen LogP contribution is -2.25. The normalized spacial score (nSPS) is 23.2. The topological polar surface area (TPSA) is 79.5 Å². The molecule has 0 unspecified atom stereocenters. The molecule has 1 fully saturated rings. The van der Waals surface area contributed by atoms with Crippen molar-refractivity contribution in [1.29, 1.82) is 0 Å². The highest BCUT2D eigenvalue weighted by atomic mass is 16.7. The van der Waals surface area contributed by atoms with E-state index in [1.807, 2.05) is 13.8 Å². The van der Waals surface area contributed by atoms with Gasteiger partial charge in [-0.15, -0.1) is 0 Å². The van der Waals surface area contributed by atoms with Crippen LogP contribution < -0.4 is 10.5 Å². The molecule has 0 saturated carbocycles. The number of ether oxygens (including phenoxy) is 3. The molecule has 1 aliphatic rings. The van der Waals surface area contributed by atoms with E-state index < -0.39 is 5.79 Å². The number of nitrogen functional groups attached to an aromatic ring is 1. The summed E-state index contributed by atoms with van der Waals surface area (Å²) in [6, 6.07) is 1.65. The Morgan fingerprint density at radius 2 is 2.44 bits per heavy atom. The van der Waals surface area contributed by atoms with Crippen LogP contribution >= 0.6 is 0 Å². The van der Waals surface area contributed by atoms with Crippen molar-refractivity contribution >= 4 is 5.95 Å². The van der Waals surface area contributed by atoms with Gasteiger partial charge in [0.05, 0.1) is 6.61 Å². The van der Waals surface area contributed by atoms with E-state index in [1.54, 1.807) is 12.3 Å².